The van der Waals surface area contributed by atoms with Gasteiger partial charge in [-0.2, -0.15) is 0 Å². The van der Waals surface area contributed by atoms with Crippen molar-refractivity contribution in [2.75, 3.05) is 39.5 Å². The van der Waals surface area contributed by atoms with Gasteiger partial charge in [0.25, 0.3) is 0 Å². The summed E-state index contributed by atoms with van der Waals surface area (Å²) in [5.74, 6) is -1.33. The lowest BCUT2D eigenvalue weighted by Crippen LogP contribution is -2.27. The largest absolute Gasteiger partial charge is 0.481 e. The summed E-state index contributed by atoms with van der Waals surface area (Å²) in [6, 6.07) is 0. The standard InChI is InChI=1S/C23H41NO3.C4H11NO2/c1-2-3-4-5-6-7-8-9-10-11-12-13-14-15-16-17-18-24-20-21(23(26)27)19-22(24)25;5-1-3-7-4-2-6/h9-10,21H,2-8,11-20H2,1H3,(H,26,27);6H,1-5H2/b10-9-;. The highest BCUT2D eigenvalue weighted by atomic mass is 16.5. The number of nitrogens with two attached hydrogens (primary N) is 1. The van der Waals surface area contributed by atoms with Crippen molar-refractivity contribution in [1.82, 2.24) is 4.90 Å². The first-order valence-electron chi connectivity index (χ1n) is 13.6. The van der Waals surface area contributed by atoms with Crippen LogP contribution >= 0.6 is 0 Å². The average Bonchev–Trinajstić information content (AvgIpc) is 3.20. The molecule has 4 N–H and O–H groups in total. The van der Waals surface area contributed by atoms with Crippen LogP contribution < -0.4 is 5.73 Å². The number of unbranched alkanes of at least 4 members (excludes halogenated alkanes) is 12. The second-order valence-electron chi connectivity index (χ2n) is 9.14. The van der Waals surface area contributed by atoms with Crippen LogP contribution in [0.1, 0.15) is 103 Å². The van der Waals surface area contributed by atoms with Crippen LogP contribution in [0.5, 0.6) is 0 Å². The molecule has 200 valence electrons. The molecule has 1 atom stereocenters. The number of allylic oxidation sites excluding steroid dienone is 2. The fraction of sp³-hybridized carbons (Fsp3) is 0.852. The van der Waals surface area contributed by atoms with Crippen molar-refractivity contribution in [3.05, 3.63) is 12.2 Å². The van der Waals surface area contributed by atoms with E-state index in [9.17, 15) is 9.59 Å². The summed E-state index contributed by atoms with van der Waals surface area (Å²) >= 11 is 0. The molecule has 1 rings (SSSR count). The molecule has 1 fully saturated rings. The first-order valence-corrected chi connectivity index (χ1v) is 13.6. The van der Waals surface area contributed by atoms with Gasteiger partial charge < -0.3 is 25.6 Å². The van der Waals surface area contributed by atoms with Gasteiger partial charge in [-0.05, 0) is 32.1 Å². The fourth-order valence-corrected chi connectivity index (χ4v) is 3.95. The summed E-state index contributed by atoms with van der Waals surface area (Å²) in [7, 11) is 0. The minimum atomic E-state index is -0.841. The highest BCUT2D eigenvalue weighted by molar-refractivity contribution is 5.86. The number of likely N-dealkylation sites (tertiary alicyclic amines) is 1. The van der Waals surface area contributed by atoms with Crippen LogP contribution in [-0.2, 0) is 14.3 Å². The summed E-state index contributed by atoms with van der Waals surface area (Å²) in [6.07, 6.45) is 22.7. The molecular weight excluding hydrogens is 432 g/mol. The van der Waals surface area contributed by atoms with Gasteiger partial charge in [0, 0.05) is 26.1 Å². The van der Waals surface area contributed by atoms with E-state index < -0.39 is 11.9 Å². The molecule has 1 amide bonds. The van der Waals surface area contributed by atoms with Crippen LogP contribution in [0, 0.1) is 5.92 Å². The van der Waals surface area contributed by atoms with Crippen molar-refractivity contribution in [2.45, 2.75) is 103 Å². The second-order valence-corrected chi connectivity index (χ2v) is 9.14. The van der Waals surface area contributed by atoms with Gasteiger partial charge in [-0.25, -0.2) is 0 Å². The van der Waals surface area contributed by atoms with Gasteiger partial charge in [0.15, 0.2) is 0 Å². The predicted molar refractivity (Wildman–Crippen MR) is 139 cm³/mol. The number of carboxylic acids is 1. The van der Waals surface area contributed by atoms with Crippen LogP contribution in [0.15, 0.2) is 12.2 Å². The molecule has 1 aliphatic heterocycles. The third kappa shape index (κ3) is 20.0. The number of amides is 1. The van der Waals surface area contributed by atoms with Crippen molar-refractivity contribution < 1.29 is 24.5 Å². The van der Waals surface area contributed by atoms with Gasteiger partial charge in [0.1, 0.15) is 0 Å². The molecule has 1 aliphatic rings. The molecule has 0 radical (unpaired) electrons. The SMILES string of the molecule is CCCCCCCC/C=C\CCCCCCCCN1CC(C(=O)O)CC1=O.NCCOCCO. The van der Waals surface area contributed by atoms with E-state index in [-0.39, 0.29) is 18.9 Å². The van der Waals surface area contributed by atoms with E-state index >= 15 is 0 Å². The molecule has 7 heteroatoms. The summed E-state index contributed by atoms with van der Waals surface area (Å²) in [5, 5.41) is 17.1. The van der Waals surface area contributed by atoms with E-state index in [4.69, 9.17) is 20.7 Å². The lowest BCUT2D eigenvalue weighted by atomic mass is 10.1. The molecule has 34 heavy (non-hydrogen) atoms. The molecule has 0 bridgehead atoms. The van der Waals surface area contributed by atoms with E-state index in [0.717, 1.165) is 19.4 Å². The maximum Gasteiger partial charge on any atom is 0.308 e. The van der Waals surface area contributed by atoms with E-state index in [1.807, 2.05) is 0 Å². The van der Waals surface area contributed by atoms with Crippen molar-refractivity contribution in [1.29, 1.82) is 0 Å². The Morgan fingerprint density at radius 2 is 1.53 bits per heavy atom. The number of carbonyl (C=O) groups is 2. The average molecular weight is 485 g/mol. The van der Waals surface area contributed by atoms with Crippen molar-refractivity contribution in [3.8, 4) is 0 Å². The maximum atomic E-state index is 11.7. The Labute approximate surface area is 208 Å². The lowest BCUT2D eigenvalue weighted by molar-refractivity contribution is -0.141. The van der Waals surface area contributed by atoms with Crippen molar-refractivity contribution in [2.24, 2.45) is 11.7 Å². The minimum Gasteiger partial charge on any atom is -0.481 e. The Morgan fingerprint density at radius 3 is 2.03 bits per heavy atom. The summed E-state index contributed by atoms with van der Waals surface area (Å²) in [5.41, 5.74) is 5.06. The predicted octanol–water partition coefficient (Wildman–Crippen LogP) is 4.91. The Hall–Kier alpha value is -1.44. The molecule has 0 aliphatic carbocycles. The van der Waals surface area contributed by atoms with Crippen LogP contribution in [0.3, 0.4) is 0 Å². The molecule has 1 heterocycles. The van der Waals surface area contributed by atoms with E-state index in [2.05, 4.69) is 19.1 Å². The van der Waals surface area contributed by atoms with E-state index in [1.165, 1.54) is 77.0 Å². The summed E-state index contributed by atoms with van der Waals surface area (Å²) < 4.78 is 4.76. The zero-order chi connectivity index (χ0) is 25.3. The number of aliphatic hydroxyl groups excluding tert-OH is 1. The number of aliphatic carboxylic acids is 1. The van der Waals surface area contributed by atoms with Crippen LogP contribution in [-0.4, -0.2) is 66.4 Å². The monoisotopic (exact) mass is 484 g/mol. The number of hydrogen-bond acceptors (Lipinski definition) is 5. The molecule has 0 spiro atoms. The van der Waals surface area contributed by atoms with E-state index in [0.29, 0.717) is 26.3 Å². The number of carboxylic acid groups (broad SMARTS) is 1. The molecule has 0 aromatic heterocycles. The van der Waals surface area contributed by atoms with Gasteiger partial charge in [0.05, 0.1) is 25.7 Å². The number of aliphatic hydroxyl groups is 1. The van der Waals surface area contributed by atoms with Crippen LogP contribution in [0.4, 0.5) is 0 Å². The Kier molecular flexibility index (Phi) is 23.6. The molecule has 1 saturated heterocycles. The second kappa shape index (κ2) is 24.7. The zero-order valence-electron chi connectivity index (χ0n) is 21.7. The summed E-state index contributed by atoms with van der Waals surface area (Å²) in [4.78, 5) is 24.4. The van der Waals surface area contributed by atoms with Gasteiger partial charge >= 0.3 is 5.97 Å². The lowest BCUT2D eigenvalue weighted by Gasteiger charge is -2.15. The van der Waals surface area contributed by atoms with Gasteiger partial charge in [-0.1, -0.05) is 76.9 Å². The van der Waals surface area contributed by atoms with Crippen molar-refractivity contribution >= 4 is 11.9 Å². The smallest absolute Gasteiger partial charge is 0.308 e. The number of nitrogens with zero attached hydrogens (tertiary/aromatic N) is 1. The number of ether oxygens (including phenoxy) is 1. The van der Waals surface area contributed by atoms with Crippen molar-refractivity contribution in [3.63, 3.8) is 0 Å². The Morgan fingerprint density at radius 1 is 0.971 bits per heavy atom. The minimum absolute atomic E-state index is 0.00939. The van der Waals surface area contributed by atoms with Gasteiger partial charge in [-0.15, -0.1) is 0 Å². The summed E-state index contributed by atoms with van der Waals surface area (Å²) in [6.45, 7) is 4.94. The zero-order valence-corrected chi connectivity index (χ0v) is 21.7. The quantitative estimate of drug-likeness (QED) is 0.158. The van der Waals surface area contributed by atoms with Gasteiger partial charge in [0.2, 0.25) is 5.91 Å². The topological polar surface area (TPSA) is 113 Å². The maximum absolute atomic E-state index is 11.7. The molecule has 1 unspecified atom stereocenters. The highest BCUT2D eigenvalue weighted by Crippen LogP contribution is 2.19. The van der Waals surface area contributed by atoms with Gasteiger partial charge in [-0.3, -0.25) is 9.59 Å². The van der Waals surface area contributed by atoms with E-state index in [1.54, 1.807) is 4.90 Å². The van der Waals surface area contributed by atoms with Crippen LogP contribution in [0.25, 0.3) is 0 Å². The molecule has 0 saturated carbocycles. The Balaban J connectivity index is 0.00000135. The molecule has 0 aromatic carbocycles. The first-order chi connectivity index (χ1) is 16.6. The number of hydrogen-bond donors (Lipinski definition) is 3. The van der Waals surface area contributed by atoms with Crippen LogP contribution in [0.2, 0.25) is 0 Å². The number of carbonyl (C=O) groups excluding carboxylic acids is 1. The molecule has 0 aromatic rings. The normalized spacial score (nSPS) is 15.7. The molecular formula is C27H52N2O5. The third-order valence-electron chi connectivity index (χ3n) is 6.00. The number of rotatable bonds is 21. The Bertz CT molecular complexity index is 509. The fourth-order valence-electron chi connectivity index (χ4n) is 3.95. The highest BCUT2D eigenvalue weighted by Gasteiger charge is 2.33. The first kappa shape index (κ1) is 32.6. The third-order valence-corrected chi connectivity index (χ3v) is 6.00. The molecule has 7 nitrogen and oxygen atoms in total.